The number of non-ortho nitro benzene ring substituents is 2. The number of unbranched alkanes of at least 4 members (excludes halogenated alkanes) is 2. The predicted octanol–water partition coefficient (Wildman–Crippen LogP) is 5.28. The van der Waals surface area contributed by atoms with Crippen LogP contribution in [0.4, 0.5) is 34.9 Å². The van der Waals surface area contributed by atoms with Crippen molar-refractivity contribution in [2.75, 3.05) is 28.7 Å². The first kappa shape index (κ1) is 26.9. The Bertz CT molecular complexity index is 1210. The van der Waals surface area contributed by atoms with Gasteiger partial charge in [0.2, 0.25) is 17.8 Å². The summed E-state index contributed by atoms with van der Waals surface area (Å²) in [7, 11) is 0. The maximum absolute atomic E-state index is 11.0. The van der Waals surface area contributed by atoms with Crippen LogP contribution < -0.4 is 15.6 Å². The van der Waals surface area contributed by atoms with Gasteiger partial charge in [0, 0.05) is 43.0 Å². The van der Waals surface area contributed by atoms with Gasteiger partial charge < -0.3 is 10.2 Å². The minimum atomic E-state index is -0.464. The summed E-state index contributed by atoms with van der Waals surface area (Å²) in [6.45, 7) is 5.80. The number of nitrogens with one attached hydrogen (secondary N) is 2. The van der Waals surface area contributed by atoms with E-state index in [0.29, 0.717) is 17.2 Å². The Kier molecular flexibility index (Phi) is 9.76. The average molecular weight is 508 g/mol. The first-order chi connectivity index (χ1) is 17.9. The lowest BCUT2D eigenvalue weighted by atomic mass is 10.2. The van der Waals surface area contributed by atoms with Crippen LogP contribution in [-0.4, -0.2) is 44.1 Å². The Morgan fingerprint density at radius 1 is 0.838 bits per heavy atom. The summed E-state index contributed by atoms with van der Waals surface area (Å²) in [6, 6.07) is 11.9. The topological polar surface area (TPSA) is 165 Å². The van der Waals surface area contributed by atoms with Crippen molar-refractivity contribution in [1.82, 2.24) is 15.0 Å². The first-order valence-electron chi connectivity index (χ1n) is 12.0. The second kappa shape index (κ2) is 13.4. The van der Waals surface area contributed by atoms with Gasteiger partial charge in [0.05, 0.1) is 16.1 Å². The minimum Gasteiger partial charge on any atom is -0.341 e. The number of nitrogens with zero attached hydrogens (tertiary/aromatic N) is 7. The van der Waals surface area contributed by atoms with Gasteiger partial charge in [-0.2, -0.15) is 20.1 Å². The van der Waals surface area contributed by atoms with Gasteiger partial charge in [0.25, 0.3) is 11.4 Å². The van der Waals surface area contributed by atoms with Gasteiger partial charge in [-0.3, -0.25) is 20.2 Å². The summed E-state index contributed by atoms with van der Waals surface area (Å²) in [4.78, 5) is 36.5. The number of benzene rings is 2. The lowest BCUT2D eigenvalue weighted by Crippen LogP contribution is -2.28. The molecule has 2 N–H and O–H groups in total. The fourth-order valence-electron chi connectivity index (χ4n) is 3.26. The molecule has 0 fully saturated rings. The average Bonchev–Trinajstić information content (AvgIpc) is 2.89. The van der Waals surface area contributed by atoms with Crippen LogP contribution in [-0.2, 0) is 0 Å². The molecule has 3 rings (SSSR count). The highest BCUT2D eigenvalue weighted by Gasteiger charge is 2.14. The largest absolute Gasteiger partial charge is 0.341 e. The molecule has 13 heteroatoms. The predicted molar refractivity (Wildman–Crippen MR) is 143 cm³/mol. The molecule has 0 aliphatic carbocycles. The van der Waals surface area contributed by atoms with Crippen molar-refractivity contribution in [2.45, 2.75) is 39.5 Å². The number of hydrogen-bond donors (Lipinski definition) is 2. The number of hydrogen-bond acceptors (Lipinski definition) is 11. The summed E-state index contributed by atoms with van der Waals surface area (Å²) in [6.07, 6.45) is 5.49. The second-order valence-corrected chi connectivity index (χ2v) is 8.12. The van der Waals surface area contributed by atoms with Gasteiger partial charge >= 0.3 is 0 Å². The zero-order valence-corrected chi connectivity index (χ0v) is 20.7. The van der Waals surface area contributed by atoms with E-state index in [4.69, 9.17) is 0 Å². The minimum absolute atomic E-state index is 0.00608. The summed E-state index contributed by atoms with van der Waals surface area (Å²) in [5.74, 6) is 0.935. The molecular formula is C24H29N9O4. The van der Waals surface area contributed by atoms with Crippen LogP contribution in [0.3, 0.4) is 0 Å². The Labute approximate surface area is 214 Å². The normalized spacial score (nSPS) is 10.9. The Morgan fingerprint density at radius 3 is 1.92 bits per heavy atom. The van der Waals surface area contributed by atoms with Crippen molar-refractivity contribution in [3.8, 4) is 0 Å². The van der Waals surface area contributed by atoms with Crippen LogP contribution >= 0.6 is 0 Å². The fraction of sp³-hybridized carbons (Fsp3) is 0.333. The first-order valence-corrected chi connectivity index (χ1v) is 12.0. The molecule has 37 heavy (non-hydrogen) atoms. The fourth-order valence-corrected chi connectivity index (χ4v) is 3.26. The molecular weight excluding hydrogens is 478 g/mol. The second-order valence-electron chi connectivity index (χ2n) is 8.12. The third kappa shape index (κ3) is 8.19. The molecule has 0 aliphatic heterocycles. The van der Waals surface area contributed by atoms with Crippen LogP contribution in [0.2, 0.25) is 0 Å². The van der Waals surface area contributed by atoms with Crippen LogP contribution in [0, 0.1) is 20.2 Å². The summed E-state index contributed by atoms with van der Waals surface area (Å²) in [5, 5.41) is 29.0. The van der Waals surface area contributed by atoms with E-state index >= 15 is 0 Å². The van der Waals surface area contributed by atoms with E-state index in [1.165, 1.54) is 30.5 Å². The SMILES string of the molecule is CCCCN(CCCC)c1nc(NN=Cc2ccc([N+](=O)[O-])cc2)nc(Nc2ccc([N+](=O)[O-])cc2)n1. The monoisotopic (exact) mass is 507 g/mol. The summed E-state index contributed by atoms with van der Waals surface area (Å²) < 4.78 is 0. The van der Waals surface area contributed by atoms with Crippen molar-refractivity contribution >= 4 is 41.1 Å². The molecule has 0 atom stereocenters. The lowest BCUT2D eigenvalue weighted by Gasteiger charge is -2.23. The number of nitro groups is 2. The molecule has 3 aromatic rings. The number of anilines is 4. The summed E-state index contributed by atoms with van der Waals surface area (Å²) >= 11 is 0. The van der Waals surface area contributed by atoms with Crippen molar-refractivity contribution in [1.29, 1.82) is 0 Å². The van der Waals surface area contributed by atoms with Gasteiger partial charge in [-0.05, 0) is 42.7 Å². The van der Waals surface area contributed by atoms with Gasteiger partial charge in [0.15, 0.2) is 0 Å². The molecule has 194 valence electrons. The smallest absolute Gasteiger partial charge is 0.269 e. The van der Waals surface area contributed by atoms with Gasteiger partial charge in [0.1, 0.15) is 0 Å². The molecule has 0 radical (unpaired) electrons. The molecule has 0 spiro atoms. The van der Waals surface area contributed by atoms with E-state index in [1.54, 1.807) is 24.3 Å². The number of hydrazone groups is 1. The standard InChI is InChI=1S/C24H29N9O4/c1-3-5-15-31(16-6-4-2)24-28-22(26-19-9-13-21(14-10-19)33(36)37)27-23(29-24)30-25-17-18-7-11-20(12-8-18)32(34)35/h7-14,17H,3-6,15-16H2,1-2H3,(H2,26,27,28,29,30). The van der Waals surface area contributed by atoms with Crippen LogP contribution in [0.25, 0.3) is 0 Å². The molecule has 1 heterocycles. The van der Waals surface area contributed by atoms with Gasteiger partial charge in [-0.1, -0.05) is 26.7 Å². The third-order valence-electron chi connectivity index (χ3n) is 5.29. The Hall–Kier alpha value is -4.68. The highest BCUT2D eigenvalue weighted by atomic mass is 16.6. The quantitative estimate of drug-likeness (QED) is 0.166. The molecule has 0 saturated carbocycles. The molecule has 0 amide bonds. The van der Waals surface area contributed by atoms with Crippen LogP contribution in [0.5, 0.6) is 0 Å². The summed E-state index contributed by atoms with van der Waals surface area (Å²) in [5.41, 5.74) is 4.02. The zero-order chi connectivity index (χ0) is 26.6. The maximum atomic E-state index is 11.0. The van der Waals surface area contributed by atoms with Crippen molar-refractivity contribution in [2.24, 2.45) is 5.10 Å². The van der Waals surface area contributed by atoms with Crippen molar-refractivity contribution < 1.29 is 9.85 Å². The molecule has 0 aliphatic rings. The van der Waals surface area contributed by atoms with Crippen LogP contribution in [0.15, 0.2) is 53.6 Å². The maximum Gasteiger partial charge on any atom is 0.269 e. The van der Waals surface area contributed by atoms with Crippen LogP contribution in [0.1, 0.15) is 45.1 Å². The zero-order valence-electron chi connectivity index (χ0n) is 20.7. The Balaban J connectivity index is 1.86. The highest BCUT2D eigenvalue weighted by Crippen LogP contribution is 2.21. The number of rotatable bonds is 14. The lowest BCUT2D eigenvalue weighted by molar-refractivity contribution is -0.385. The van der Waals surface area contributed by atoms with E-state index < -0.39 is 9.85 Å². The van der Waals surface area contributed by atoms with E-state index in [-0.39, 0.29) is 23.3 Å². The Morgan fingerprint density at radius 2 is 1.38 bits per heavy atom. The van der Waals surface area contributed by atoms with Gasteiger partial charge in [-0.15, -0.1) is 0 Å². The number of nitro benzene ring substituents is 2. The third-order valence-corrected chi connectivity index (χ3v) is 5.29. The highest BCUT2D eigenvalue weighted by molar-refractivity contribution is 5.80. The van der Waals surface area contributed by atoms with E-state index in [0.717, 1.165) is 38.8 Å². The molecule has 13 nitrogen and oxygen atoms in total. The van der Waals surface area contributed by atoms with Crippen molar-refractivity contribution in [3.05, 3.63) is 74.3 Å². The van der Waals surface area contributed by atoms with E-state index in [1.807, 2.05) is 0 Å². The van der Waals surface area contributed by atoms with E-state index in [9.17, 15) is 20.2 Å². The molecule has 0 unspecified atom stereocenters. The van der Waals surface area contributed by atoms with Crippen molar-refractivity contribution in [3.63, 3.8) is 0 Å². The molecule has 1 aromatic heterocycles. The van der Waals surface area contributed by atoms with Gasteiger partial charge in [-0.25, -0.2) is 5.43 Å². The van der Waals surface area contributed by atoms with E-state index in [2.05, 4.69) is 49.5 Å². The molecule has 0 bridgehead atoms. The molecule has 2 aromatic carbocycles. The molecule has 0 saturated heterocycles. The number of aromatic nitrogens is 3.